The molecule has 1 aromatic heterocycles. The van der Waals surface area contributed by atoms with Crippen LogP contribution in [0.25, 0.3) is 11.3 Å². The van der Waals surface area contributed by atoms with Crippen LogP contribution in [0.2, 0.25) is 0 Å². The highest BCUT2D eigenvalue weighted by molar-refractivity contribution is 5.58. The fraction of sp³-hybridized carbons (Fsp3) is 0.350. The van der Waals surface area contributed by atoms with E-state index in [0.29, 0.717) is 19.1 Å². The Labute approximate surface area is 142 Å². The predicted octanol–water partition coefficient (Wildman–Crippen LogP) is 4.91. The van der Waals surface area contributed by atoms with Crippen molar-refractivity contribution in [3.63, 3.8) is 0 Å². The first-order valence-corrected chi connectivity index (χ1v) is 8.32. The molecule has 0 saturated carbocycles. The van der Waals surface area contributed by atoms with Crippen molar-refractivity contribution in [3.8, 4) is 11.3 Å². The molecule has 1 aromatic carbocycles. The van der Waals surface area contributed by atoms with Crippen LogP contribution >= 0.6 is 0 Å². The Bertz CT molecular complexity index is 646. The Hall–Kier alpha value is -2.04. The highest BCUT2D eigenvalue weighted by atomic mass is 19.1. The van der Waals surface area contributed by atoms with E-state index < -0.39 is 0 Å². The summed E-state index contributed by atoms with van der Waals surface area (Å²) in [7, 11) is 0. The lowest BCUT2D eigenvalue weighted by Gasteiger charge is -2.29. The van der Waals surface area contributed by atoms with Gasteiger partial charge >= 0.3 is 0 Å². The van der Waals surface area contributed by atoms with Crippen LogP contribution in [0, 0.1) is 11.7 Å². The molecule has 1 saturated heterocycles. The molecular weight excluding hydrogens is 305 g/mol. The van der Waals surface area contributed by atoms with Crippen LogP contribution in [-0.2, 0) is 9.47 Å². The van der Waals surface area contributed by atoms with Gasteiger partial charge in [-0.2, -0.15) is 0 Å². The molecule has 2 heterocycles. The molecule has 1 aliphatic heterocycles. The molecule has 0 aliphatic carbocycles. The van der Waals surface area contributed by atoms with Crippen LogP contribution < -0.4 is 0 Å². The van der Waals surface area contributed by atoms with Gasteiger partial charge in [-0.15, -0.1) is 6.58 Å². The van der Waals surface area contributed by atoms with Gasteiger partial charge in [-0.25, -0.2) is 4.39 Å². The molecule has 0 atom stereocenters. The zero-order chi connectivity index (χ0) is 16.8. The number of ether oxygens (including phenoxy) is 2. The van der Waals surface area contributed by atoms with Crippen LogP contribution in [-0.4, -0.2) is 18.2 Å². The first-order chi connectivity index (χ1) is 11.8. The SMILES string of the molecule is C=CCCC[C@H]1CO[C@H](c2ccc(-c3ccc(F)cc3)nc2)OC1. The maximum absolute atomic E-state index is 13.0. The van der Waals surface area contributed by atoms with E-state index in [1.165, 1.54) is 12.1 Å². The van der Waals surface area contributed by atoms with Gasteiger partial charge in [-0.05, 0) is 49.6 Å². The lowest BCUT2D eigenvalue weighted by Crippen LogP contribution is -2.27. The second kappa shape index (κ2) is 8.18. The van der Waals surface area contributed by atoms with E-state index in [9.17, 15) is 4.39 Å². The first-order valence-electron chi connectivity index (χ1n) is 8.32. The minimum absolute atomic E-state index is 0.248. The number of nitrogens with zero attached hydrogens (tertiary/aromatic N) is 1. The molecule has 4 heteroatoms. The van der Waals surface area contributed by atoms with Gasteiger partial charge in [0.15, 0.2) is 6.29 Å². The summed E-state index contributed by atoms with van der Waals surface area (Å²) in [5.41, 5.74) is 2.60. The van der Waals surface area contributed by atoms with Crippen molar-refractivity contribution in [1.29, 1.82) is 0 Å². The Morgan fingerprint density at radius 1 is 1.12 bits per heavy atom. The van der Waals surface area contributed by atoms with Crippen molar-refractivity contribution < 1.29 is 13.9 Å². The summed E-state index contributed by atoms with van der Waals surface area (Å²) >= 11 is 0. The number of unbranched alkanes of at least 4 members (excludes halogenated alkanes) is 1. The van der Waals surface area contributed by atoms with E-state index in [2.05, 4.69) is 11.6 Å². The molecule has 1 aliphatic rings. The van der Waals surface area contributed by atoms with Crippen molar-refractivity contribution in [2.24, 2.45) is 5.92 Å². The van der Waals surface area contributed by atoms with E-state index in [-0.39, 0.29) is 12.1 Å². The summed E-state index contributed by atoms with van der Waals surface area (Å²) in [5, 5.41) is 0. The molecule has 0 radical (unpaired) electrons. The van der Waals surface area contributed by atoms with Gasteiger partial charge < -0.3 is 9.47 Å². The van der Waals surface area contributed by atoms with Crippen molar-refractivity contribution in [1.82, 2.24) is 4.98 Å². The number of hydrogen-bond donors (Lipinski definition) is 0. The summed E-state index contributed by atoms with van der Waals surface area (Å²) in [4.78, 5) is 4.44. The van der Waals surface area contributed by atoms with Gasteiger partial charge in [0.2, 0.25) is 0 Å². The Morgan fingerprint density at radius 2 is 1.88 bits per heavy atom. The molecule has 0 unspecified atom stereocenters. The minimum Gasteiger partial charge on any atom is -0.348 e. The average molecular weight is 327 g/mol. The first kappa shape index (κ1) is 16.8. The zero-order valence-electron chi connectivity index (χ0n) is 13.7. The average Bonchev–Trinajstić information content (AvgIpc) is 2.63. The van der Waals surface area contributed by atoms with E-state index in [4.69, 9.17) is 9.47 Å². The van der Waals surface area contributed by atoms with Gasteiger partial charge in [-0.3, -0.25) is 4.98 Å². The lowest BCUT2D eigenvalue weighted by atomic mass is 10.0. The Kier molecular flexibility index (Phi) is 5.72. The molecule has 0 bridgehead atoms. The topological polar surface area (TPSA) is 31.4 Å². The maximum Gasteiger partial charge on any atom is 0.185 e. The van der Waals surface area contributed by atoms with Crippen LogP contribution in [0.4, 0.5) is 4.39 Å². The molecule has 2 aromatic rings. The molecule has 1 fully saturated rings. The number of hydrogen-bond acceptors (Lipinski definition) is 3. The minimum atomic E-state index is -0.351. The van der Waals surface area contributed by atoms with Gasteiger partial charge in [0.1, 0.15) is 5.82 Å². The number of halogens is 1. The molecule has 0 amide bonds. The number of pyridine rings is 1. The summed E-state index contributed by atoms with van der Waals surface area (Å²) in [6, 6.07) is 10.2. The quantitative estimate of drug-likeness (QED) is 0.558. The predicted molar refractivity (Wildman–Crippen MR) is 91.8 cm³/mol. The van der Waals surface area contributed by atoms with E-state index >= 15 is 0 Å². The van der Waals surface area contributed by atoms with Crippen LogP contribution in [0.3, 0.4) is 0 Å². The van der Waals surface area contributed by atoms with Gasteiger partial charge in [0, 0.05) is 23.2 Å². The lowest BCUT2D eigenvalue weighted by molar-refractivity contribution is -0.206. The number of allylic oxidation sites excluding steroid dienone is 1. The molecular formula is C20H22FNO2. The van der Waals surface area contributed by atoms with Gasteiger partial charge in [-0.1, -0.05) is 12.1 Å². The molecule has 3 nitrogen and oxygen atoms in total. The second-order valence-electron chi connectivity index (χ2n) is 6.07. The third kappa shape index (κ3) is 4.28. The van der Waals surface area contributed by atoms with Gasteiger partial charge in [0.05, 0.1) is 18.9 Å². The van der Waals surface area contributed by atoms with Crippen molar-refractivity contribution >= 4 is 0 Å². The monoisotopic (exact) mass is 327 g/mol. The Balaban J connectivity index is 1.56. The summed E-state index contributed by atoms with van der Waals surface area (Å²) in [6.45, 7) is 5.16. The third-order valence-corrected chi connectivity index (χ3v) is 4.19. The van der Waals surface area contributed by atoms with E-state index in [1.807, 2.05) is 18.2 Å². The molecule has 3 rings (SSSR count). The second-order valence-corrected chi connectivity index (χ2v) is 6.07. The van der Waals surface area contributed by atoms with E-state index in [0.717, 1.165) is 36.1 Å². The molecule has 126 valence electrons. The smallest absolute Gasteiger partial charge is 0.185 e. The summed E-state index contributed by atoms with van der Waals surface area (Å²) in [5.74, 6) is 0.203. The van der Waals surface area contributed by atoms with Gasteiger partial charge in [0.25, 0.3) is 0 Å². The van der Waals surface area contributed by atoms with Crippen molar-refractivity contribution in [2.75, 3.05) is 13.2 Å². The molecule has 0 spiro atoms. The maximum atomic E-state index is 13.0. The van der Waals surface area contributed by atoms with Crippen LogP contribution in [0.5, 0.6) is 0 Å². The van der Waals surface area contributed by atoms with Crippen LogP contribution in [0.15, 0.2) is 55.3 Å². The third-order valence-electron chi connectivity index (χ3n) is 4.19. The largest absolute Gasteiger partial charge is 0.348 e. The molecule has 24 heavy (non-hydrogen) atoms. The normalized spacial score (nSPS) is 20.7. The summed E-state index contributed by atoms with van der Waals surface area (Å²) < 4.78 is 24.6. The van der Waals surface area contributed by atoms with Crippen molar-refractivity contribution in [2.45, 2.75) is 25.6 Å². The molecule has 0 N–H and O–H groups in total. The highest BCUT2D eigenvalue weighted by Gasteiger charge is 2.23. The fourth-order valence-corrected chi connectivity index (χ4v) is 2.79. The van der Waals surface area contributed by atoms with Crippen molar-refractivity contribution in [3.05, 3.63) is 66.6 Å². The standard InChI is InChI=1S/C20H22FNO2/c1-2-3-4-5-15-13-23-20(24-14-15)17-8-11-19(22-12-17)16-6-9-18(21)10-7-16/h2,6-12,15,20H,1,3-5,13-14H2/t15-,20-. The fourth-order valence-electron chi connectivity index (χ4n) is 2.79. The number of benzene rings is 1. The zero-order valence-corrected chi connectivity index (χ0v) is 13.7. The highest BCUT2D eigenvalue weighted by Crippen LogP contribution is 2.28. The Morgan fingerprint density at radius 3 is 2.50 bits per heavy atom. The number of aromatic nitrogens is 1. The van der Waals surface area contributed by atoms with Crippen LogP contribution in [0.1, 0.15) is 31.1 Å². The summed E-state index contributed by atoms with van der Waals surface area (Å²) in [6.07, 6.45) is 6.62. The van der Waals surface area contributed by atoms with E-state index in [1.54, 1.807) is 18.3 Å². The number of rotatable bonds is 6.